The van der Waals surface area contributed by atoms with Gasteiger partial charge in [-0.3, -0.25) is 9.59 Å². The molecule has 1 unspecified atom stereocenters. The molecular formula is C23H22N2O5. The van der Waals surface area contributed by atoms with Gasteiger partial charge in [-0.2, -0.15) is 0 Å². The Kier molecular flexibility index (Phi) is 6.22. The topological polar surface area (TPSA) is 111 Å². The van der Waals surface area contributed by atoms with Crippen molar-refractivity contribution in [3.8, 4) is 23.0 Å². The molecule has 0 saturated heterocycles. The van der Waals surface area contributed by atoms with Crippen molar-refractivity contribution in [3.63, 3.8) is 0 Å². The number of aromatic hydroxyl groups is 1. The molecule has 0 aromatic heterocycles. The van der Waals surface area contributed by atoms with Crippen LogP contribution in [0.3, 0.4) is 0 Å². The van der Waals surface area contributed by atoms with E-state index in [2.05, 4.69) is 5.32 Å². The molecule has 0 aliphatic carbocycles. The van der Waals surface area contributed by atoms with Gasteiger partial charge in [-0.25, -0.2) is 0 Å². The molecule has 1 atom stereocenters. The highest BCUT2D eigenvalue weighted by atomic mass is 16.5. The van der Waals surface area contributed by atoms with Crippen LogP contribution in [0.25, 0.3) is 0 Å². The van der Waals surface area contributed by atoms with E-state index in [4.69, 9.17) is 15.2 Å². The van der Waals surface area contributed by atoms with E-state index in [1.165, 1.54) is 19.1 Å². The molecular weight excluding hydrogens is 384 g/mol. The number of carbonyl (C=O) groups is 2. The molecule has 154 valence electrons. The molecule has 0 aliphatic rings. The number of phenolic OH excluding ortho intramolecular Hbond substituents is 1. The lowest BCUT2D eigenvalue weighted by Crippen LogP contribution is -2.53. The molecule has 0 heterocycles. The zero-order valence-corrected chi connectivity index (χ0v) is 16.4. The highest BCUT2D eigenvalue weighted by Crippen LogP contribution is 2.27. The summed E-state index contributed by atoms with van der Waals surface area (Å²) < 4.78 is 11.1. The fourth-order valence-electron chi connectivity index (χ4n) is 2.79. The lowest BCUT2D eigenvalue weighted by atomic mass is 9.91. The first kappa shape index (κ1) is 20.7. The maximum absolute atomic E-state index is 12.4. The van der Waals surface area contributed by atoms with Gasteiger partial charge in [0.05, 0.1) is 0 Å². The Hall–Kier alpha value is -4.00. The van der Waals surface area contributed by atoms with Crippen LogP contribution in [0.4, 0.5) is 0 Å². The van der Waals surface area contributed by atoms with Gasteiger partial charge in [0.15, 0.2) is 18.1 Å². The summed E-state index contributed by atoms with van der Waals surface area (Å²) in [5, 5.41) is 12.3. The molecule has 3 aromatic rings. The van der Waals surface area contributed by atoms with Gasteiger partial charge >= 0.3 is 0 Å². The van der Waals surface area contributed by atoms with Gasteiger partial charge in [-0.15, -0.1) is 0 Å². The minimum atomic E-state index is -1.45. The first-order chi connectivity index (χ1) is 14.4. The van der Waals surface area contributed by atoms with Crippen LogP contribution in [0.1, 0.15) is 12.5 Å². The van der Waals surface area contributed by atoms with Gasteiger partial charge in [0.25, 0.3) is 5.91 Å². The summed E-state index contributed by atoms with van der Waals surface area (Å²) in [5.41, 5.74) is 4.62. The van der Waals surface area contributed by atoms with Crippen molar-refractivity contribution in [1.29, 1.82) is 0 Å². The Balaban J connectivity index is 1.69. The van der Waals surface area contributed by atoms with Crippen LogP contribution in [0.5, 0.6) is 23.0 Å². The van der Waals surface area contributed by atoms with Crippen molar-refractivity contribution in [1.82, 2.24) is 5.32 Å². The number of hydrogen-bond acceptors (Lipinski definition) is 5. The van der Waals surface area contributed by atoms with Gasteiger partial charge in [0.1, 0.15) is 17.0 Å². The minimum absolute atomic E-state index is 0.0861. The Labute approximate surface area is 174 Å². The standard InChI is InChI=1S/C23H22N2O5/c1-23(22(24)28,25-21(27)15-29-20-10-6-5-9-19(20)26)16-11-13-18(14-12-16)30-17-7-3-2-4-8-17/h2-14,26H,15H2,1H3,(H2,24,28)(H,25,27). The number of para-hydroxylation sites is 3. The SMILES string of the molecule is CC(NC(=O)COc1ccccc1O)(C(N)=O)c1ccc(Oc2ccccc2)cc1. The van der Waals surface area contributed by atoms with E-state index in [1.807, 2.05) is 30.3 Å². The van der Waals surface area contributed by atoms with E-state index in [1.54, 1.807) is 36.4 Å². The number of phenols is 1. The largest absolute Gasteiger partial charge is 0.504 e. The van der Waals surface area contributed by atoms with Crippen LogP contribution in [0.2, 0.25) is 0 Å². The van der Waals surface area contributed by atoms with Crippen molar-refractivity contribution in [3.05, 3.63) is 84.4 Å². The van der Waals surface area contributed by atoms with E-state index in [9.17, 15) is 14.7 Å². The fourth-order valence-corrected chi connectivity index (χ4v) is 2.79. The monoisotopic (exact) mass is 406 g/mol. The predicted octanol–water partition coefficient (Wildman–Crippen LogP) is 3.08. The van der Waals surface area contributed by atoms with E-state index in [0.29, 0.717) is 17.1 Å². The molecule has 4 N–H and O–H groups in total. The smallest absolute Gasteiger partial charge is 0.259 e. The first-order valence-electron chi connectivity index (χ1n) is 9.23. The molecule has 30 heavy (non-hydrogen) atoms. The van der Waals surface area contributed by atoms with Crippen LogP contribution < -0.4 is 20.5 Å². The number of nitrogens with one attached hydrogen (secondary N) is 1. The maximum atomic E-state index is 12.4. The first-order valence-corrected chi connectivity index (χ1v) is 9.23. The van der Waals surface area contributed by atoms with Crippen molar-refractivity contribution < 1.29 is 24.2 Å². The highest BCUT2D eigenvalue weighted by Gasteiger charge is 2.35. The molecule has 0 radical (unpaired) electrons. The van der Waals surface area contributed by atoms with Crippen molar-refractivity contribution in [2.75, 3.05) is 6.61 Å². The Morgan fingerprint density at radius 3 is 2.17 bits per heavy atom. The molecule has 0 spiro atoms. The van der Waals surface area contributed by atoms with Crippen LogP contribution in [0, 0.1) is 0 Å². The van der Waals surface area contributed by atoms with E-state index in [0.717, 1.165) is 0 Å². The summed E-state index contributed by atoms with van der Waals surface area (Å²) in [6.45, 7) is 1.12. The number of rotatable bonds is 8. The third-order valence-corrected chi connectivity index (χ3v) is 4.52. The summed E-state index contributed by atoms with van der Waals surface area (Å²) in [6, 6.07) is 22.2. The van der Waals surface area contributed by atoms with Crippen LogP contribution >= 0.6 is 0 Å². The van der Waals surface area contributed by atoms with Crippen molar-refractivity contribution in [2.24, 2.45) is 5.73 Å². The second-order valence-electron chi connectivity index (χ2n) is 6.73. The van der Waals surface area contributed by atoms with Gasteiger partial charge < -0.3 is 25.6 Å². The lowest BCUT2D eigenvalue weighted by molar-refractivity contribution is -0.132. The van der Waals surface area contributed by atoms with Crippen LogP contribution in [-0.2, 0) is 15.1 Å². The number of nitrogens with two attached hydrogens (primary N) is 1. The number of hydrogen-bond donors (Lipinski definition) is 3. The Morgan fingerprint density at radius 1 is 0.933 bits per heavy atom. The molecule has 0 aliphatic heterocycles. The van der Waals surface area contributed by atoms with E-state index < -0.39 is 24.0 Å². The molecule has 2 amide bonds. The van der Waals surface area contributed by atoms with Gasteiger partial charge in [0, 0.05) is 0 Å². The quantitative estimate of drug-likeness (QED) is 0.532. The molecule has 0 bridgehead atoms. The van der Waals surface area contributed by atoms with Crippen LogP contribution in [0.15, 0.2) is 78.9 Å². The fraction of sp³-hybridized carbons (Fsp3) is 0.130. The summed E-state index contributed by atoms with van der Waals surface area (Å²) in [7, 11) is 0. The minimum Gasteiger partial charge on any atom is -0.504 e. The number of benzene rings is 3. The average Bonchev–Trinajstić information content (AvgIpc) is 2.74. The van der Waals surface area contributed by atoms with Gasteiger partial charge in [0.2, 0.25) is 5.91 Å². The summed E-state index contributed by atoms with van der Waals surface area (Å²) in [5.74, 6) is 0.0376. The normalized spacial score (nSPS) is 12.4. The molecule has 7 nitrogen and oxygen atoms in total. The summed E-state index contributed by atoms with van der Waals surface area (Å²) >= 11 is 0. The second-order valence-corrected chi connectivity index (χ2v) is 6.73. The summed E-state index contributed by atoms with van der Waals surface area (Å²) in [6.07, 6.45) is 0. The Bertz CT molecular complexity index is 1020. The Morgan fingerprint density at radius 2 is 1.53 bits per heavy atom. The zero-order chi connectivity index (χ0) is 21.6. The predicted molar refractivity (Wildman–Crippen MR) is 111 cm³/mol. The number of amides is 2. The average molecular weight is 406 g/mol. The van der Waals surface area contributed by atoms with E-state index in [-0.39, 0.29) is 11.5 Å². The molecule has 3 rings (SSSR count). The zero-order valence-electron chi connectivity index (χ0n) is 16.4. The number of ether oxygens (including phenoxy) is 2. The second kappa shape index (κ2) is 9.00. The van der Waals surface area contributed by atoms with Gasteiger partial charge in [-0.1, -0.05) is 42.5 Å². The molecule has 3 aromatic carbocycles. The lowest BCUT2D eigenvalue weighted by Gasteiger charge is -2.28. The third kappa shape index (κ3) is 4.88. The van der Waals surface area contributed by atoms with Crippen LogP contribution in [-0.4, -0.2) is 23.5 Å². The van der Waals surface area contributed by atoms with Gasteiger partial charge in [-0.05, 0) is 48.9 Å². The third-order valence-electron chi connectivity index (χ3n) is 4.52. The number of carbonyl (C=O) groups excluding carboxylic acids is 2. The molecule has 0 saturated carbocycles. The highest BCUT2D eigenvalue weighted by molar-refractivity contribution is 5.91. The molecule has 7 heteroatoms. The molecule has 0 fully saturated rings. The van der Waals surface area contributed by atoms with Crippen molar-refractivity contribution >= 4 is 11.8 Å². The summed E-state index contributed by atoms with van der Waals surface area (Å²) in [4.78, 5) is 24.5. The maximum Gasteiger partial charge on any atom is 0.259 e. The number of primary amides is 1. The van der Waals surface area contributed by atoms with Crippen molar-refractivity contribution in [2.45, 2.75) is 12.5 Å². The van der Waals surface area contributed by atoms with E-state index >= 15 is 0 Å².